The van der Waals surface area contributed by atoms with Crippen LogP contribution in [0.3, 0.4) is 0 Å². The molecule has 0 spiro atoms. The Labute approximate surface area is 118 Å². The van der Waals surface area contributed by atoms with Gasteiger partial charge in [-0.3, -0.25) is 9.36 Å². The molecule has 6 heteroatoms. The van der Waals surface area contributed by atoms with Crippen LogP contribution in [0.1, 0.15) is 51.4 Å². The summed E-state index contributed by atoms with van der Waals surface area (Å²) in [7, 11) is 0. The second-order valence-electron chi connectivity index (χ2n) is 4.98. The predicted octanol–water partition coefficient (Wildman–Crippen LogP) is 2.81. The van der Waals surface area contributed by atoms with Gasteiger partial charge in [0.1, 0.15) is 0 Å². The van der Waals surface area contributed by atoms with Crippen molar-refractivity contribution in [3.63, 3.8) is 0 Å². The molecule has 0 bridgehead atoms. The number of aromatic hydroxyl groups is 3. The van der Waals surface area contributed by atoms with E-state index in [1.807, 2.05) is 0 Å². The van der Waals surface area contributed by atoms with Gasteiger partial charge in [-0.1, -0.05) is 32.1 Å². The third-order valence-corrected chi connectivity index (χ3v) is 3.30. The summed E-state index contributed by atoms with van der Waals surface area (Å²) >= 11 is 0. The van der Waals surface area contributed by atoms with Gasteiger partial charge < -0.3 is 20.4 Å². The van der Waals surface area contributed by atoms with Crippen LogP contribution in [0, 0.1) is 0 Å². The number of carbonyl (C=O) groups is 1. The van der Waals surface area contributed by atoms with Crippen LogP contribution in [0.25, 0.3) is 0 Å². The Balaban J connectivity index is 2.04. The van der Waals surface area contributed by atoms with Crippen LogP contribution in [-0.4, -0.2) is 31.0 Å². The SMILES string of the molecule is O=C(O)CCCCCCCCCn1c(O)cc(O)c1O. The number of rotatable bonds is 10. The fraction of sp³-hybridized carbons (Fsp3) is 0.643. The van der Waals surface area contributed by atoms with Crippen molar-refractivity contribution in [1.29, 1.82) is 0 Å². The van der Waals surface area contributed by atoms with Gasteiger partial charge in [0.05, 0.1) is 0 Å². The highest BCUT2D eigenvalue weighted by Gasteiger charge is 2.11. The van der Waals surface area contributed by atoms with Crippen LogP contribution in [0.15, 0.2) is 6.07 Å². The lowest BCUT2D eigenvalue weighted by Gasteiger charge is -2.06. The molecule has 0 radical (unpaired) electrons. The first-order chi connectivity index (χ1) is 9.52. The maximum absolute atomic E-state index is 10.3. The number of nitrogens with zero attached hydrogens (tertiary/aromatic N) is 1. The molecular formula is C14H23NO5. The standard InChI is InChI=1S/C14H23NO5/c16-11-10-12(17)15(14(11)20)9-7-5-3-1-2-4-6-8-13(18)19/h10,16-17,20H,1-9H2,(H,18,19). The van der Waals surface area contributed by atoms with E-state index in [0.29, 0.717) is 6.54 Å². The van der Waals surface area contributed by atoms with Crippen molar-refractivity contribution in [1.82, 2.24) is 4.57 Å². The number of carboxylic acid groups (broad SMARTS) is 1. The number of aliphatic carboxylic acids is 1. The molecule has 0 aliphatic carbocycles. The molecule has 0 atom stereocenters. The zero-order chi connectivity index (χ0) is 15.0. The monoisotopic (exact) mass is 285 g/mol. The fourth-order valence-corrected chi connectivity index (χ4v) is 2.16. The first kappa shape index (κ1) is 16.2. The Morgan fingerprint density at radius 2 is 1.50 bits per heavy atom. The minimum absolute atomic E-state index is 0.131. The van der Waals surface area contributed by atoms with Crippen LogP contribution < -0.4 is 0 Å². The quantitative estimate of drug-likeness (QED) is 0.495. The molecule has 0 aliphatic heterocycles. The Kier molecular flexibility index (Phi) is 6.76. The zero-order valence-electron chi connectivity index (χ0n) is 11.6. The Hall–Kier alpha value is -1.85. The van der Waals surface area contributed by atoms with Crippen molar-refractivity contribution in [3.8, 4) is 17.5 Å². The van der Waals surface area contributed by atoms with Gasteiger partial charge in [0.25, 0.3) is 0 Å². The Morgan fingerprint density at radius 3 is 2.00 bits per heavy atom. The van der Waals surface area contributed by atoms with E-state index in [1.54, 1.807) is 0 Å². The second kappa shape index (κ2) is 8.35. The van der Waals surface area contributed by atoms with Crippen LogP contribution in [0.5, 0.6) is 17.5 Å². The first-order valence-corrected chi connectivity index (χ1v) is 7.04. The number of carboxylic acids is 1. The highest BCUT2D eigenvalue weighted by atomic mass is 16.4. The Morgan fingerprint density at radius 1 is 0.950 bits per heavy atom. The van der Waals surface area contributed by atoms with Crippen molar-refractivity contribution in [2.45, 2.75) is 57.9 Å². The molecule has 20 heavy (non-hydrogen) atoms. The minimum Gasteiger partial charge on any atom is -0.503 e. The summed E-state index contributed by atoms with van der Waals surface area (Å²) in [6, 6.07) is 1.12. The van der Waals surface area contributed by atoms with Gasteiger partial charge in [-0.05, 0) is 12.8 Å². The van der Waals surface area contributed by atoms with Crippen molar-refractivity contribution < 1.29 is 25.2 Å². The van der Waals surface area contributed by atoms with Gasteiger partial charge in [0, 0.05) is 19.0 Å². The summed E-state index contributed by atoms with van der Waals surface area (Å²) in [6.07, 6.45) is 6.85. The average molecular weight is 285 g/mol. The smallest absolute Gasteiger partial charge is 0.303 e. The van der Waals surface area contributed by atoms with Crippen LogP contribution in [0.2, 0.25) is 0 Å². The number of aromatic nitrogens is 1. The van der Waals surface area contributed by atoms with Crippen molar-refractivity contribution in [2.24, 2.45) is 0 Å². The zero-order valence-corrected chi connectivity index (χ0v) is 11.6. The molecule has 114 valence electrons. The van der Waals surface area contributed by atoms with Gasteiger partial charge in [-0.2, -0.15) is 0 Å². The molecule has 0 saturated carbocycles. The van der Waals surface area contributed by atoms with E-state index in [0.717, 1.165) is 51.0 Å². The largest absolute Gasteiger partial charge is 0.503 e. The summed E-state index contributed by atoms with van der Waals surface area (Å²) in [5.41, 5.74) is 0. The molecule has 4 N–H and O–H groups in total. The second-order valence-corrected chi connectivity index (χ2v) is 4.98. The van der Waals surface area contributed by atoms with E-state index in [1.165, 1.54) is 4.57 Å². The maximum atomic E-state index is 10.3. The summed E-state index contributed by atoms with van der Waals surface area (Å²) in [5.74, 6) is -1.47. The van der Waals surface area contributed by atoms with Crippen LogP contribution >= 0.6 is 0 Å². The lowest BCUT2D eigenvalue weighted by molar-refractivity contribution is -0.137. The van der Waals surface area contributed by atoms with E-state index in [4.69, 9.17) is 5.11 Å². The van der Waals surface area contributed by atoms with Crippen LogP contribution in [0.4, 0.5) is 0 Å². The maximum Gasteiger partial charge on any atom is 0.303 e. The summed E-state index contributed by atoms with van der Waals surface area (Å²) < 4.78 is 1.28. The third kappa shape index (κ3) is 5.42. The van der Waals surface area contributed by atoms with Gasteiger partial charge >= 0.3 is 5.97 Å². The molecule has 0 amide bonds. The molecule has 0 unspecified atom stereocenters. The molecule has 0 aromatic carbocycles. The van der Waals surface area contributed by atoms with E-state index in [2.05, 4.69) is 0 Å². The predicted molar refractivity (Wildman–Crippen MR) is 74.0 cm³/mol. The van der Waals surface area contributed by atoms with Crippen molar-refractivity contribution in [3.05, 3.63) is 6.07 Å². The summed E-state index contributed by atoms with van der Waals surface area (Å²) in [6.45, 7) is 0.469. The van der Waals surface area contributed by atoms with Crippen molar-refractivity contribution >= 4 is 5.97 Å². The molecule has 1 aromatic rings. The highest BCUT2D eigenvalue weighted by Crippen LogP contribution is 2.33. The van der Waals surface area contributed by atoms with Gasteiger partial charge in [0.2, 0.25) is 5.88 Å². The fourth-order valence-electron chi connectivity index (χ4n) is 2.16. The van der Waals surface area contributed by atoms with Gasteiger partial charge in [0.15, 0.2) is 11.6 Å². The normalized spacial score (nSPS) is 10.8. The van der Waals surface area contributed by atoms with Crippen molar-refractivity contribution in [2.75, 3.05) is 0 Å². The number of hydrogen-bond acceptors (Lipinski definition) is 4. The number of hydrogen-bond donors (Lipinski definition) is 4. The van der Waals surface area contributed by atoms with E-state index >= 15 is 0 Å². The van der Waals surface area contributed by atoms with E-state index in [9.17, 15) is 20.1 Å². The highest BCUT2D eigenvalue weighted by molar-refractivity contribution is 5.66. The first-order valence-electron chi connectivity index (χ1n) is 7.04. The van der Waals surface area contributed by atoms with E-state index in [-0.39, 0.29) is 23.9 Å². The van der Waals surface area contributed by atoms with Crippen LogP contribution in [-0.2, 0) is 11.3 Å². The molecule has 0 saturated heterocycles. The minimum atomic E-state index is -0.736. The molecule has 1 aromatic heterocycles. The number of unbranched alkanes of at least 4 members (excludes halogenated alkanes) is 6. The Bertz CT molecular complexity index is 427. The summed E-state index contributed by atoms with van der Waals surface area (Å²) in [4.78, 5) is 10.3. The lowest BCUT2D eigenvalue weighted by Crippen LogP contribution is -1.96. The molecule has 0 aliphatic rings. The molecule has 1 heterocycles. The molecular weight excluding hydrogens is 262 g/mol. The molecule has 6 nitrogen and oxygen atoms in total. The lowest BCUT2D eigenvalue weighted by atomic mass is 10.1. The van der Waals surface area contributed by atoms with Gasteiger partial charge in [-0.25, -0.2) is 0 Å². The van der Waals surface area contributed by atoms with E-state index < -0.39 is 5.97 Å². The third-order valence-electron chi connectivity index (χ3n) is 3.30. The molecule has 1 rings (SSSR count). The van der Waals surface area contributed by atoms with Gasteiger partial charge in [-0.15, -0.1) is 0 Å². The topological polar surface area (TPSA) is 103 Å². The molecule has 0 fully saturated rings. The average Bonchev–Trinajstić information content (AvgIpc) is 2.62. The summed E-state index contributed by atoms with van der Waals surface area (Å²) in [5, 5.41) is 36.6.